The molecule has 118 valence electrons. The number of rotatable bonds is 5. The van der Waals surface area contributed by atoms with E-state index in [-0.39, 0.29) is 36.8 Å². The summed E-state index contributed by atoms with van der Waals surface area (Å²) in [5.74, 6) is 0.709. The van der Waals surface area contributed by atoms with Crippen molar-refractivity contribution in [2.45, 2.75) is 25.3 Å². The van der Waals surface area contributed by atoms with E-state index in [0.717, 1.165) is 13.0 Å². The van der Waals surface area contributed by atoms with Gasteiger partial charge in [0.2, 0.25) is 5.91 Å². The van der Waals surface area contributed by atoms with Crippen molar-refractivity contribution in [2.75, 3.05) is 24.5 Å². The molecule has 4 nitrogen and oxygen atoms in total. The van der Waals surface area contributed by atoms with Crippen LogP contribution in [0.1, 0.15) is 18.4 Å². The minimum atomic E-state index is 0. The number of hydrogen-bond acceptors (Lipinski definition) is 3. The van der Waals surface area contributed by atoms with Crippen molar-refractivity contribution < 1.29 is 4.79 Å². The Morgan fingerprint density at radius 3 is 2.76 bits per heavy atom. The number of anilines is 1. The molecule has 0 aromatic heterocycles. The van der Waals surface area contributed by atoms with Gasteiger partial charge in [-0.15, -0.1) is 24.8 Å². The maximum absolute atomic E-state index is 11.9. The second kappa shape index (κ2) is 7.87. The lowest BCUT2D eigenvalue weighted by molar-refractivity contribution is -0.119. The van der Waals surface area contributed by atoms with Crippen molar-refractivity contribution in [3.05, 3.63) is 29.8 Å². The van der Waals surface area contributed by atoms with E-state index in [1.807, 2.05) is 6.07 Å². The van der Waals surface area contributed by atoms with Gasteiger partial charge in [0, 0.05) is 24.8 Å². The van der Waals surface area contributed by atoms with Crippen LogP contribution in [0.5, 0.6) is 0 Å². The summed E-state index contributed by atoms with van der Waals surface area (Å²) in [4.78, 5) is 14.1. The van der Waals surface area contributed by atoms with Crippen molar-refractivity contribution in [1.29, 1.82) is 0 Å². The molecule has 1 amide bonds. The lowest BCUT2D eigenvalue weighted by Crippen LogP contribution is -2.43. The van der Waals surface area contributed by atoms with E-state index in [4.69, 9.17) is 5.73 Å². The minimum absolute atomic E-state index is 0. The summed E-state index contributed by atoms with van der Waals surface area (Å²) in [7, 11) is 0. The lowest BCUT2D eigenvalue weighted by atomic mass is 10.2. The molecule has 1 atom stereocenters. The largest absolute Gasteiger partial charge is 0.362 e. The molecule has 1 fully saturated rings. The number of halogens is 2. The fourth-order valence-electron chi connectivity index (χ4n) is 2.72. The highest BCUT2D eigenvalue weighted by Gasteiger charge is 2.28. The Bertz CT molecular complexity index is 480. The smallest absolute Gasteiger partial charge is 0.239 e. The zero-order chi connectivity index (χ0) is 13.2. The van der Waals surface area contributed by atoms with E-state index in [2.05, 4.69) is 28.4 Å². The first-order valence-electron chi connectivity index (χ1n) is 7.09. The van der Waals surface area contributed by atoms with Gasteiger partial charge in [0.25, 0.3) is 0 Å². The molecule has 0 bridgehead atoms. The van der Waals surface area contributed by atoms with Gasteiger partial charge in [0.15, 0.2) is 0 Å². The van der Waals surface area contributed by atoms with Crippen LogP contribution < -0.4 is 16.0 Å². The number of hydrogen-bond donors (Lipinski definition) is 2. The number of amides is 1. The van der Waals surface area contributed by atoms with Gasteiger partial charge >= 0.3 is 0 Å². The molecule has 6 heteroatoms. The van der Waals surface area contributed by atoms with Gasteiger partial charge in [-0.3, -0.25) is 4.79 Å². The molecular formula is C15H23Cl2N3O. The van der Waals surface area contributed by atoms with Crippen molar-refractivity contribution in [3.8, 4) is 0 Å². The molecule has 1 aliphatic heterocycles. The summed E-state index contributed by atoms with van der Waals surface area (Å²) in [6, 6.07) is 8.44. The molecule has 1 unspecified atom stereocenters. The third-order valence-corrected chi connectivity index (χ3v) is 4.08. The number of para-hydroxylation sites is 1. The van der Waals surface area contributed by atoms with Gasteiger partial charge in [-0.25, -0.2) is 0 Å². The van der Waals surface area contributed by atoms with Crippen LogP contribution in [-0.2, 0) is 11.2 Å². The molecule has 21 heavy (non-hydrogen) atoms. The SMILES string of the molecule is Cl.Cl.NC(CNC(=O)CN1CCc2ccccc21)C1CC1. The first-order valence-corrected chi connectivity index (χ1v) is 7.09. The predicted molar refractivity (Wildman–Crippen MR) is 90.6 cm³/mol. The molecule has 1 aromatic carbocycles. The molecule has 1 aliphatic carbocycles. The number of carbonyl (C=O) groups is 1. The van der Waals surface area contributed by atoms with Crippen LogP contribution in [0.15, 0.2) is 24.3 Å². The Labute approximate surface area is 138 Å². The third-order valence-electron chi connectivity index (χ3n) is 4.08. The minimum Gasteiger partial charge on any atom is -0.362 e. The summed E-state index contributed by atoms with van der Waals surface area (Å²) in [5.41, 5.74) is 8.52. The van der Waals surface area contributed by atoms with E-state index in [1.165, 1.54) is 24.1 Å². The van der Waals surface area contributed by atoms with Crippen LogP contribution in [-0.4, -0.2) is 31.6 Å². The normalized spacial score (nSPS) is 17.3. The fraction of sp³-hybridized carbons (Fsp3) is 0.533. The number of benzene rings is 1. The summed E-state index contributed by atoms with van der Waals surface area (Å²) in [6.07, 6.45) is 3.47. The number of nitrogens with zero attached hydrogens (tertiary/aromatic N) is 1. The van der Waals surface area contributed by atoms with E-state index >= 15 is 0 Å². The van der Waals surface area contributed by atoms with Crippen molar-refractivity contribution in [3.63, 3.8) is 0 Å². The van der Waals surface area contributed by atoms with E-state index in [9.17, 15) is 4.79 Å². The third kappa shape index (κ3) is 4.50. The monoisotopic (exact) mass is 331 g/mol. The molecule has 3 rings (SSSR count). The first-order chi connectivity index (χ1) is 9.24. The molecule has 0 radical (unpaired) electrons. The van der Waals surface area contributed by atoms with E-state index < -0.39 is 0 Å². The van der Waals surface area contributed by atoms with Gasteiger partial charge in [-0.05, 0) is 36.8 Å². The zero-order valence-corrected chi connectivity index (χ0v) is 13.6. The molecule has 1 saturated carbocycles. The molecule has 2 aliphatic rings. The summed E-state index contributed by atoms with van der Waals surface area (Å²) >= 11 is 0. The Morgan fingerprint density at radius 2 is 2.05 bits per heavy atom. The van der Waals surface area contributed by atoms with Gasteiger partial charge in [0.05, 0.1) is 6.54 Å². The molecule has 1 heterocycles. The lowest BCUT2D eigenvalue weighted by Gasteiger charge is -2.19. The highest BCUT2D eigenvalue weighted by Crippen LogP contribution is 2.31. The maximum Gasteiger partial charge on any atom is 0.239 e. The number of fused-ring (bicyclic) bond motifs is 1. The van der Waals surface area contributed by atoms with Crippen molar-refractivity contribution in [1.82, 2.24) is 5.32 Å². The standard InChI is InChI=1S/C15H21N3O.2ClH/c16-13(11-5-6-11)9-17-15(19)10-18-8-7-12-3-1-2-4-14(12)18;;/h1-4,11,13H,5-10,16H2,(H,17,19);2*1H. The summed E-state index contributed by atoms with van der Waals surface area (Å²) in [6.45, 7) is 1.98. The van der Waals surface area contributed by atoms with Crippen molar-refractivity contribution >= 4 is 36.4 Å². The first kappa shape index (κ1) is 18.1. The van der Waals surface area contributed by atoms with Crippen LogP contribution in [0.3, 0.4) is 0 Å². The summed E-state index contributed by atoms with van der Waals surface area (Å²) < 4.78 is 0. The Balaban J connectivity index is 0.00000110. The average Bonchev–Trinajstić information content (AvgIpc) is 3.20. The van der Waals surface area contributed by atoms with E-state index in [1.54, 1.807) is 0 Å². The van der Waals surface area contributed by atoms with Gasteiger partial charge in [-0.1, -0.05) is 18.2 Å². The molecular weight excluding hydrogens is 309 g/mol. The highest BCUT2D eigenvalue weighted by atomic mass is 35.5. The second-order valence-electron chi connectivity index (χ2n) is 5.61. The predicted octanol–water partition coefficient (Wildman–Crippen LogP) is 1.75. The highest BCUT2D eigenvalue weighted by molar-refractivity contribution is 5.85. The molecule has 1 aromatic rings. The Morgan fingerprint density at radius 1 is 1.33 bits per heavy atom. The number of carbonyl (C=O) groups excluding carboxylic acids is 1. The quantitative estimate of drug-likeness (QED) is 0.864. The van der Waals surface area contributed by atoms with Gasteiger partial charge in [0.1, 0.15) is 0 Å². The van der Waals surface area contributed by atoms with Gasteiger partial charge < -0.3 is 16.0 Å². The maximum atomic E-state index is 11.9. The average molecular weight is 332 g/mol. The van der Waals surface area contributed by atoms with Crippen LogP contribution in [0.2, 0.25) is 0 Å². The molecule has 0 saturated heterocycles. The van der Waals surface area contributed by atoms with Crippen molar-refractivity contribution in [2.24, 2.45) is 11.7 Å². The van der Waals surface area contributed by atoms with E-state index in [0.29, 0.717) is 19.0 Å². The fourth-order valence-corrected chi connectivity index (χ4v) is 2.72. The van der Waals surface area contributed by atoms with Crippen LogP contribution in [0, 0.1) is 5.92 Å². The van der Waals surface area contributed by atoms with Crippen LogP contribution >= 0.6 is 24.8 Å². The van der Waals surface area contributed by atoms with Crippen LogP contribution in [0.4, 0.5) is 5.69 Å². The summed E-state index contributed by atoms with van der Waals surface area (Å²) in [5, 5.41) is 2.96. The second-order valence-corrected chi connectivity index (χ2v) is 5.61. The Kier molecular flexibility index (Phi) is 6.78. The number of nitrogens with two attached hydrogens (primary N) is 1. The number of nitrogens with one attached hydrogen (secondary N) is 1. The zero-order valence-electron chi connectivity index (χ0n) is 12.0. The molecule has 0 spiro atoms. The van der Waals surface area contributed by atoms with Gasteiger partial charge in [-0.2, -0.15) is 0 Å². The Hall–Kier alpha value is -0.970. The molecule has 3 N–H and O–H groups in total. The van der Waals surface area contributed by atoms with Crippen LogP contribution in [0.25, 0.3) is 0 Å². The topological polar surface area (TPSA) is 58.4 Å².